The van der Waals surface area contributed by atoms with Crippen LogP contribution in [0.4, 0.5) is 5.69 Å². The number of nitro benzene ring substituents is 1. The molecule has 0 atom stereocenters. The molecule has 0 N–H and O–H groups in total. The molecule has 3 aromatic carbocycles. The Bertz CT molecular complexity index is 1130. The molecule has 9 heteroatoms. The standard InChI is InChI=1S/C21H20N2O6S/c1-22(15-16-6-4-3-5-7-16)30(26,27)29-21-13-10-18(23(24)25)14-20(21)17-8-11-19(28-2)12-9-17/h3-14H,15H2,1-2H3. The maximum atomic E-state index is 12.8. The maximum absolute atomic E-state index is 12.8. The predicted octanol–water partition coefficient (Wildman–Crippen LogP) is 4.03. The molecular formula is C21H20N2O6S. The molecule has 0 aliphatic carbocycles. The van der Waals surface area contributed by atoms with Crippen LogP contribution in [0.3, 0.4) is 0 Å². The lowest BCUT2D eigenvalue weighted by Gasteiger charge is -2.18. The molecule has 0 unspecified atom stereocenters. The second-order valence-corrected chi connectivity index (χ2v) is 8.09. The fourth-order valence-corrected chi connectivity index (χ4v) is 3.60. The predicted molar refractivity (Wildman–Crippen MR) is 113 cm³/mol. The summed E-state index contributed by atoms with van der Waals surface area (Å²) in [5.74, 6) is 0.590. The zero-order valence-corrected chi connectivity index (χ0v) is 17.2. The summed E-state index contributed by atoms with van der Waals surface area (Å²) in [6.45, 7) is 0.119. The van der Waals surface area contributed by atoms with Gasteiger partial charge in [-0.2, -0.15) is 12.7 Å². The Morgan fingerprint density at radius 1 is 1.00 bits per heavy atom. The van der Waals surface area contributed by atoms with E-state index in [0.717, 1.165) is 9.87 Å². The van der Waals surface area contributed by atoms with Crippen molar-refractivity contribution in [3.63, 3.8) is 0 Å². The molecule has 0 saturated heterocycles. The summed E-state index contributed by atoms with van der Waals surface area (Å²) in [7, 11) is -1.23. The van der Waals surface area contributed by atoms with E-state index < -0.39 is 15.2 Å². The molecule has 3 aromatic rings. The number of benzene rings is 3. The molecule has 0 fully saturated rings. The van der Waals surface area contributed by atoms with Gasteiger partial charge in [0.15, 0.2) is 5.75 Å². The topological polar surface area (TPSA) is 99.0 Å². The van der Waals surface area contributed by atoms with E-state index in [1.165, 1.54) is 32.4 Å². The molecule has 0 spiro atoms. The van der Waals surface area contributed by atoms with E-state index in [4.69, 9.17) is 8.92 Å². The zero-order valence-electron chi connectivity index (χ0n) is 16.4. The number of rotatable bonds is 8. The summed E-state index contributed by atoms with van der Waals surface area (Å²) in [6.07, 6.45) is 0. The van der Waals surface area contributed by atoms with Gasteiger partial charge in [-0.15, -0.1) is 0 Å². The molecule has 0 aliphatic rings. The van der Waals surface area contributed by atoms with Crippen molar-refractivity contribution >= 4 is 16.0 Å². The summed E-state index contributed by atoms with van der Waals surface area (Å²) in [5, 5.41) is 11.2. The van der Waals surface area contributed by atoms with Crippen molar-refractivity contribution in [1.29, 1.82) is 0 Å². The van der Waals surface area contributed by atoms with Crippen LogP contribution in [0.15, 0.2) is 72.8 Å². The first-order valence-electron chi connectivity index (χ1n) is 8.92. The smallest absolute Gasteiger partial charge is 0.385 e. The molecule has 30 heavy (non-hydrogen) atoms. The van der Waals surface area contributed by atoms with Gasteiger partial charge in [0.25, 0.3) is 5.69 Å². The van der Waals surface area contributed by atoms with Gasteiger partial charge in [0.05, 0.1) is 12.0 Å². The second kappa shape index (κ2) is 8.93. The Labute approximate surface area is 174 Å². The van der Waals surface area contributed by atoms with Crippen molar-refractivity contribution in [3.8, 4) is 22.6 Å². The number of methoxy groups -OCH3 is 1. The Balaban J connectivity index is 1.94. The SMILES string of the molecule is COc1ccc(-c2cc([N+](=O)[O-])ccc2OS(=O)(=O)N(C)Cc2ccccc2)cc1. The van der Waals surface area contributed by atoms with E-state index >= 15 is 0 Å². The van der Waals surface area contributed by atoms with Crippen LogP contribution in [-0.2, 0) is 16.8 Å². The number of non-ortho nitro benzene ring substituents is 1. The Kier molecular flexibility index (Phi) is 6.34. The van der Waals surface area contributed by atoms with E-state index in [1.54, 1.807) is 36.4 Å². The second-order valence-electron chi connectivity index (χ2n) is 6.45. The summed E-state index contributed by atoms with van der Waals surface area (Å²) in [5.41, 5.74) is 1.45. The van der Waals surface area contributed by atoms with Crippen molar-refractivity contribution in [2.45, 2.75) is 6.54 Å². The zero-order chi connectivity index (χ0) is 21.7. The van der Waals surface area contributed by atoms with Crippen LogP contribution < -0.4 is 8.92 Å². The lowest BCUT2D eigenvalue weighted by atomic mass is 10.0. The molecule has 0 bridgehead atoms. The monoisotopic (exact) mass is 428 g/mol. The molecule has 8 nitrogen and oxygen atoms in total. The average Bonchev–Trinajstić information content (AvgIpc) is 2.74. The largest absolute Gasteiger partial charge is 0.497 e. The normalized spacial score (nSPS) is 11.3. The number of hydrogen-bond acceptors (Lipinski definition) is 6. The minimum Gasteiger partial charge on any atom is -0.497 e. The van der Waals surface area contributed by atoms with Gasteiger partial charge in [0, 0.05) is 31.3 Å². The van der Waals surface area contributed by atoms with Crippen LogP contribution in [-0.4, -0.2) is 31.8 Å². The molecule has 3 rings (SSSR count). The number of nitro groups is 1. The van der Waals surface area contributed by atoms with E-state index in [1.807, 2.05) is 18.2 Å². The Morgan fingerprint density at radius 2 is 1.67 bits per heavy atom. The van der Waals surface area contributed by atoms with Crippen LogP contribution >= 0.6 is 0 Å². The lowest BCUT2D eigenvalue weighted by molar-refractivity contribution is -0.384. The summed E-state index contributed by atoms with van der Waals surface area (Å²) in [6, 6.07) is 19.5. The highest BCUT2D eigenvalue weighted by Gasteiger charge is 2.23. The minimum atomic E-state index is -4.15. The molecule has 0 heterocycles. The van der Waals surface area contributed by atoms with Crippen LogP contribution in [0.5, 0.6) is 11.5 Å². The van der Waals surface area contributed by atoms with Crippen molar-refractivity contribution in [2.24, 2.45) is 0 Å². The number of ether oxygens (including phenoxy) is 1. The lowest BCUT2D eigenvalue weighted by Crippen LogP contribution is -2.30. The van der Waals surface area contributed by atoms with E-state index in [2.05, 4.69) is 0 Å². The first kappa shape index (κ1) is 21.3. The Hall–Kier alpha value is -3.43. The van der Waals surface area contributed by atoms with Crippen LogP contribution in [0.25, 0.3) is 11.1 Å². The minimum absolute atomic E-state index is 0.00863. The van der Waals surface area contributed by atoms with Crippen LogP contribution in [0.2, 0.25) is 0 Å². The molecule has 0 aromatic heterocycles. The number of nitrogens with zero attached hydrogens (tertiary/aromatic N) is 2. The van der Waals surface area contributed by atoms with Gasteiger partial charge in [0.2, 0.25) is 0 Å². The van der Waals surface area contributed by atoms with E-state index in [9.17, 15) is 18.5 Å². The highest BCUT2D eigenvalue weighted by molar-refractivity contribution is 7.84. The first-order chi connectivity index (χ1) is 14.3. The summed E-state index contributed by atoms with van der Waals surface area (Å²) >= 11 is 0. The van der Waals surface area contributed by atoms with Gasteiger partial charge < -0.3 is 8.92 Å². The van der Waals surface area contributed by atoms with Crippen molar-refractivity contribution in [2.75, 3.05) is 14.2 Å². The van der Waals surface area contributed by atoms with Crippen molar-refractivity contribution < 1.29 is 22.3 Å². The molecule has 0 saturated carbocycles. The van der Waals surface area contributed by atoms with Crippen LogP contribution in [0, 0.1) is 10.1 Å². The van der Waals surface area contributed by atoms with Crippen molar-refractivity contribution in [1.82, 2.24) is 4.31 Å². The summed E-state index contributed by atoms with van der Waals surface area (Å²) < 4.78 is 37.1. The van der Waals surface area contributed by atoms with Crippen LogP contribution in [0.1, 0.15) is 5.56 Å². The highest BCUT2D eigenvalue weighted by Crippen LogP contribution is 2.35. The molecular weight excluding hydrogens is 408 g/mol. The Morgan fingerprint density at radius 3 is 2.27 bits per heavy atom. The summed E-state index contributed by atoms with van der Waals surface area (Å²) in [4.78, 5) is 10.7. The van der Waals surface area contributed by atoms with Gasteiger partial charge >= 0.3 is 10.3 Å². The van der Waals surface area contributed by atoms with Gasteiger partial charge in [-0.05, 0) is 29.3 Å². The highest BCUT2D eigenvalue weighted by atomic mass is 32.2. The molecule has 0 radical (unpaired) electrons. The number of hydrogen-bond donors (Lipinski definition) is 0. The quantitative estimate of drug-likeness (QED) is 0.397. The first-order valence-corrected chi connectivity index (χ1v) is 10.3. The van der Waals surface area contributed by atoms with E-state index in [-0.39, 0.29) is 23.5 Å². The third kappa shape index (κ3) is 4.94. The van der Waals surface area contributed by atoms with Gasteiger partial charge in [0.1, 0.15) is 5.75 Å². The van der Waals surface area contributed by atoms with Gasteiger partial charge in [-0.1, -0.05) is 42.5 Å². The molecule has 0 amide bonds. The third-order valence-corrected chi connectivity index (χ3v) is 5.68. The van der Waals surface area contributed by atoms with E-state index in [0.29, 0.717) is 11.3 Å². The third-order valence-electron chi connectivity index (χ3n) is 4.40. The molecule has 156 valence electrons. The van der Waals surface area contributed by atoms with Crippen molar-refractivity contribution in [3.05, 3.63) is 88.5 Å². The molecule has 0 aliphatic heterocycles. The van der Waals surface area contributed by atoms with Gasteiger partial charge in [-0.3, -0.25) is 10.1 Å². The fraction of sp³-hybridized carbons (Fsp3) is 0.143. The fourth-order valence-electron chi connectivity index (χ4n) is 2.80. The average molecular weight is 428 g/mol. The van der Waals surface area contributed by atoms with Gasteiger partial charge in [-0.25, -0.2) is 0 Å². The maximum Gasteiger partial charge on any atom is 0.385 e.